The molecule has 2 atom stereocenters. The number of nitriles is 3. The predicted octanol–water partition coefficient (Wildman–Crippen LogP) is 0.914. The van der Waals surface area contributed by atoms with E-state index in [0.29, 0.717) is 30.2 Å². The van der Waals surface area contributed by atoms with Crippen LogP contribution in [0.5, 0.6) is 11.5 Å². The number of carbonyl (C=O) groups is 1. The van der Waals surface area contributed by atoms with Crippen molar-refractivity contribution in [1.29, 1.82) is 15.8 Å². The normalized spacial score (nSPS) is 22.2. The average molecular weight is 418 g/mol. The molecule has 0 bridgehead atoms. The number of fused-ring (bicyclic) bond motifs is 1. The first-order valence-corrected chi connectivity index (χ1v) is 9.53. The van der Waals surface area contributed by atoms with E-state index in [1.165, 1.54) is 7.11 Å². The molecule has 1 amide bonds. The summed E-state index contributed by atoms with van der Waals surface area (Å²) in [5.41, 5.74) is 11.3. The SMILES string of the molecule is COc1cc([C@H]2[C@@H]3CN(C)CC=C3C(C#N)=C(N)C2(C#N)C#N)ccc1OCC(N)=O. The van der Waals surface area contributed by atoms with E-state index in [9.17, 15) is 20.6 Å². The smallest absolute Gasteiger partial charge is 0.255 e. The highest BCUT2D eigenvalue weighted by Gasteiger charge is 2.54. The molecule has 0 saturated carbocycles. The number of nitrogens with zero attached hydrogens (tertiary/aromatic N) is 4. The summed E-state index contributed by atoms with van der Waals surface area (Å²) >= 11 is 0. The highest BCUT2D eigenvalue weighted by molar-refractivity contribution is 5.75. The van der Waals surface area contributed by atoms with Gasteiger partial charge in [0, 0.05) is 24.9 Å². The molecule has 1 aliphatic carbocycles. The van der Waals surface area contributed by atoms with E-state index in [-0.39, 0.29) is 23.8 Å². The molecule has 158 valence electrons. The molecule has 9 nitrogen and oxygen atoms in total. The van der Waals surface area contributed by atoms with Crippen molar-refractivity contribution in [2.75, 3.05) is 33.9 Å². The van der Waals surface area contributed by atoms with Gasteiger partial charge in [-0.2, -0.15) is 15.8 Å². The van der Waals surface area contributed by atoms with Crippen LogP contribution in [0.2, 0.25) is 0 Å². The summed E-state index contributed by atoms with van der Waals surface area (Å²) in [6, 6.07) is 11.3. The van der Waals surface area contributed by atoms with Gasteiger partial charge in [0.2, 0.25) is 0 Å². The number of benzene rings is 1. The third kappa shape index (κ3) is 3.54. The fourth-order valence-corrected chi connectivity index (χ4v) is 4.35. The molecule has 1 aromatic carbocycles. The van der Waals surface area contributed by atoms with Crippen LogP contribution in [0.15, 0.2) is 41.1 Å². The number of hydrogen-bond donors (Lipinski definition) is 2. The first-order valence-electron chi connectivity index (χ1n) is 9.53. The Kier molecular flexibility index (Phi) is 5.88. The van der Waals surface area contributed by atoms with Crippen molar-refractivity contribution < 1.29 is 14.3 Å². The van der Waals surface area contributed by atoms with E-state index in [0.717, 1.165) is 5.57 Å². The number of likely N-dealkylation sites (N-methyl/N-ethyl adjacent to an activating group) is 1. The lowest BCUT2D eigenvalue weighted by Gasteiger charge is -2.45. The second-order valence-electron chi connectivity index (χ2n) is 7.56. The number of primary amides is 1. The molecule has 9 heteroatoms. The largest absolute Gasteiger partial charge is 0.493 e. The number of amides is 1. The van der Waals surface area contributed by atoms with Crippen LogP contribution >= 0.6 is 0 Å². The third-order valence-electron chi connectivity index (χ3n) is 5.76. The standard InChI is InChI=1S/C22H22N6O3/c1-28-6-5-14-15(8-23)21(27)22(11-24,12-25)20(16(14)9-28)13-3-4-17(18(7-13)30-2)31-10-19(26)29/h3-5,7,16,20H,6,9-10,27H2,1-2H3,(H2,26,29)/t16-,20+/m1/s1. The lowest BCUT2D eigenvalue weighted by atomic mass is 9.58. The van der Waals surface area contributed by atoms with Crippen LogP contribution in [0.4, 0.5) is 0 Å². The molecule has 4 N–H and O–H groups in total. The topological polar surface area (TPSA) is 162 Å². The van der Waals surface area contributed by atoms with Crippen LogP contribution in [0.1, 0.15) is 11.5 Å². The van der Waals surface area contributed by atoms with Gasteiger partial charge in [0.15, 0.2) is 23.5 Å². The maximum atomic E-state index is 11.1. The molecule has 0 spiro atoms. The average Bonchev–Trinajstić information content (AvgIpc) is 2.77. The monoisotopic (exact) mass is 418 g/mol. The van der Waals surface area contributed by atoms with Gasteiger partial charge in [0.05, 0.1) is 30.5 Å². The van der Waals surface area contributed by atoms with E-state index in [4.69, 9.17) is 20.9 Å². The first kappa shape index (κ1) is 21.7. The van der Waals surface area contributed by atoms with Gasteiger partial charge in [-0.1, -0.05) is 12.1 Å². The molecule has 3 rings (SSSR count). The van der Waals surface area contributed by atoms with Crippen LogP contribution in [0.25, 0.3) is 0 Å². The number of rotatable bonds is 5. The zero-order valence-electron chi connectivity index (χ0n) is 17.3. The van der Waals surface area contributed by atoms with Gasteiger partial charge in [-0.25, -0.2) is 0 Å². The minimum absolute atomic E-state index is 0.0370. The highest BCUT2D eigenvalue weighted by Crippen LogP contribution is 2.54. The van der Waals surface area contributed by atoms with Crippen molar-refractivity contribution in [1.82, 2.24) is 4.90 Å². The zero-order chi connectivity index (χ0) is 22.8. The molecule has 1 heterocycles. The Balaban J connectivity index is 2.21. The molecule has 0 radical (unpaired) electrons. The number of nitrogens with two attached hydrogens (primary N) is 2. The Morgan fingerprint density at radius 2 is 2.00 bits per heavy atom. The van der Waals surface area contributed by atoms with Crippen LogP contribution in [-0.2, 0) is 4.79 Å². The summed E-state index contributed by atoms with van der Waals surface area (Å²) in [7, 11) is 3.38. The van der Waals surface area contributed by atoms with E-state index in [1.807, 2.05) is 13.1 Å². The highest BCUT2D eigenvalue weighted by atomic mass is 16.5. The van der Waals surface area contributed by atoms with Crippen molar-refractivity contribution in [3.8, 4) is 29.7 Å². The van der Waals surface area contributed by atoms with Crippen molar-refractivity contribution in [2.24, 2.45) is 22.8 Å². The summed E-state index contributed by atoms with van der Waals surface area (Å²) in [6.45, 7) is 0.857. The lowest BCUT2D eigenvalue weighted by molar-refractivity contribution is -0.119. The molecule has 1 aliphatic heterocycles. The summed E-state index contributed by atoms with van der Waals surface area (Å²) in [5, 5.41) is 29.9. The Bertz CT molecular complexity index is 1090. The third-order valence-corrected chi connectivity index (χ3v) is 5.76. The number of carbonyl (C=O) groups excluding carboxylic acids is 1. The molecular formula is C22H22N6O3. The molecule has 0 unspecified atom stereocenters. The van der Waals surface area contributed by atoms with Gasteiger partial charge in [0.1, 0.15) is 6.07 Å². The van der Waals surface area contributed by atoms with Gasteiger partial charge >= 0.3 is 0 Å². The predicted molar refractivity (Wildman–Crippen MR) is 110 cm³/mol. The quantitative estimate of drug-likeness (QED) is 0.713. The zero-order valence-corrected chi connectivity index (χ0v) is 17.3. The van der Waals surface area contributed by atoms with Gasteiger partial charge in [-0.05, 0) is 30.3 Å². The number of hydrogen-bond acceptors (Lipinski definition) is 8. The van der Waals surface area contributed by atoms with Crippen molar-refractivity contribution in [3.63, 3.8) is 0 Å². The number of ether oxygens (including phenoxy) is 2. The van der Waals surface area contributed by atoms with Gasteiger partial charge < -0.3 is 25.8 Å². The second kappa shape index (κ2) is 8.39. The molecule has 31 heavy (non-hydrogen) atoms. The fraction of sp³-hybridized carbons (Fsp3) is 0.364. The molecule has 2 aliphatic rings. The fourth-order valence-electron chi connectivity index (χ4n) is 4.35. The first-order chi connectivity index (χ1) is 14.8. The number of methoxy groups -OCH3 is 1. The van der Waals surface area contributed by atoms with Gasteiger partial charge in [0.25, 0.3) is 5.91 Å². The molecule has 1 aromatic rings. The Morgan fingerprint density at radius 1 is 1.29 bits per heavy atom. The molecule has 0 aromatic heterocycles. The summed E-state index contributed by atoms with van der Waals surface area (Å²) in [5.74, 6) is -0.951. The van der Waals surface area contributed by atoms with Crippen LogP contribution in [0.3, 0.4) is 0 Å². The minimum Gasteiger partial charge on any atom is -0.493 e. The van der Waals surface area contributed by atoms with Crippen molar-refractivity contribution in [2.45, 2.75) is 5.92 Å². The summed E-state index contributed by atoms with van der Waals surface area (Å²) in [6.07, 6.45) is 1.92. The van der Waals surface area contributed by atoms with E-state index < -0.39 is 17.2 Å². The van der Waals surface area contributed by atoms with E-state index >= 15 is 0 Å². The molecule has 0 fully saturated rings. The van der Waals surface area contributed by atoms with Gasteiger partial charge in [-0.3, -0.25) is 4.79 Å². The Hall–Kier alpha value is -4.00. The maximum absolute atomic E-state index is 11.1. The van der Waals surface area contributed by atoms with E-state index in [2.05, 4.69) is 23.1 Å². The minimum atomic E-state index is -1.73. The van der Waals surface area contributed by atoms with Crippen LogP contribution in [0, 0.1) is 45.3 Å². The number of allylic oxidation sites excluding steroid dienone is 2. The van der Waals surface area contributed by atoms with Crippen LogP contribution in [-0.4, -0.2) is 44.7 Å². The van der Waals surface area contributed by atoms with Crippen LogP contribution < -0.4 is 20.9 Å². The lowest BCUT2D eigenvalue weighted by Crippen LogP contribution is -2.47. The van der Waals surface area contributed by atoms with Crippen molar-refractivity contribution >= 4 is 5.91 Å². The molecular weight excluding hydrogens is 396 g/mol. The summed E-state index contributed by atoms with van der Waals surface area (Å²) < 4.78 is 10.8. The Morgan fingerprint density at radius 3 is 2.58 bits per heavy atom. The summed E-state index contributed by atoms with van der Waals surface area (Å²) in [4.78, 5) is 13.1. The van der Waals surface area contributed by atoms with Crippen molar-refractivity contribution in [3.05, 3.63) is 46.7 Å². The van der Waals surface area contributed by atoms with Gasteiger partial charge in [-0.15, -0.1) is 0 Å². The molecule has 0 saturated heterocycles. The Labute approximate surface area is 180 Å². The van der Waals surface area contributed by atoms with E-state index in [1.54, 1.807) is 18.2 Å². The maximum Gasteiger partial charge on any atom is 0.255 e. The second-order valence-corrected chi connectivity index (χ2v) is 7.56.